The van der Waals surface area contributed by atoms with Gasteiger partial charge in [-0.05, 0) is 70.5 Å². The van der Waals surface area contributed by atoms with Crippen molar-refractivity contribution in [2.24, 2.45) is 0 Å². The maximum atomic E-state index is 12.0. The number of fused-ring (bicyclic) bond motifs is 2. The fraction of sp³-hybridized carbons (Fsp3) is 0.353. The van der Waals surface area contributed by atoms with Gasteiger partial charge in [0.15, 0.2) is 23.0 Å². The van der Waals surface area contributed by atoms with Gasteiger partial charge in [-0.15, -0.1) is 0 Å². The van der Waals surface area contributed by atoms with Gasteiger partial charge in [-0.1, -0.05) is 63.1 Å². The molecule has 4 rings (SSSR count). The highest BCUT2D eigenvalue weighted by Crippen LogP contribution is 2.50. The number of hydrogen-bond acceptors (Lipinski definition) is 6. The van der Waals surface area contributed by atoms with E-state index in [-0.39, 0.29) is 34.7 Å². The van der Waals surface area contributed by atoms with E-state index in [1.54, 1.807) is 12.1 Å². The van der Waals surface area contributed by atoms with Crippen LogP contribution in [0.5, 0.6) is 23.0 Å². The highest BCUT2D eigenvalue weighted by atomic mass is 16.3. The molecule has 0 aliphatic heterocycles. The number of carbonyl (C=O) groups excluding carboxylic acids is 2. The van der Waals surface area contributed by atoms with Crippen molar-refractivity contribution in [1.29, 1.82) is 0 Å². The Morgan fingerprint density at radius 2 is 0.955 bits per heavy atom. The van der Waals surface area contributed by atoms with Crippen molar-refractivity contribution < 1.29 is 30.0 Å². The van der Waals surface area contributed by atoms with Crippen molar-refractivity contribution in [1.82, 2.24) is 21.3 Å². The second-order valence-electron chi connectivity index (χ2n) is 10.9. The van der Waals surface area contributed by atoms with Gasteiger partial charge < -0.3 is 41.7 Å². The predicted octanol–water partition coefficient (Wildman–Crippen LogP) is 5.77. The van der Waals surface area contributed by atoms with Crippen LogP contribution in [0.3, 0.4) is 0 Å². The molecule has 4 amide bonds. The van der Waals surface area contributed by atoms with Crippen LogP contribution in [0.4, 0.5) is 9.59 Å². The lowest BCUT2D eigenvalue weighted by molar-refractivity contribution is 0.240. The summed E-state index contributed by atoms with van der Waals surface area (Å²) in [6.45, 7) is 6.19. The minimum atomic E-state index is -0.416. The topological polar surface area (TPSA) is 163 Å². The van der Waals surface area contributed by atoms with Gasteiger partial charge in [0.25, 0.3) is 0 Å². The molecule has 0 saturated carbocycles. The number of amides is 4. The molecule has 0 bridgehead atoms. The van der Waals surface area contributed by atoms with Gasteiger partial charge in [-0.25, -0.2) is 9.59 Å². The number of phenols is 4. The Morgan fingerprint density at radius 1 is 0.568 bits per heavy atom. The van der Waals surface area contributed by atoms with E-state index in [0.29, 0.717) is 60.6 Å². The molecule has 0 atom stereocenters. The normalized spacial score (nSPS) is 11.0. The van der Waals surface area contributed by atoms with Crippen LogP contribution in [0.15, 0.2) is 48.5 Å². The van der Waals surface area contributed by atoms with Gasteiger partial charge in [0.2, 0.25) is 0 Å². The highest BCUT2D eigenvalue weighted by molar-refractivity contribution is 6.11. The quantitative estimate of drug-likeness (QED) is 0.0716. The lowest BCUT2D eigenvalue weighted by Gasteiger charge is -2.17. The summed E-state index contributed by atoms with van der Waals surface area (Å²) < 4.78 is 0. The Balaban J connectivity index is 1.60. The molecule has 234 valence electrons. The summed E-state index contributed by atoms with van der Waals surface area (Å²) in [5.41, 5.74) is 2.20. The minimum Gasteiger partial charge on any atom is -0.504 e. The predicted molar refractivity (Wildman–Crippen MR) is 174 cm³/mol. The van der Waals surface area contributed by atoms with Crippen LogP contribution in [-0.4, -0.2) is 58.7 Å². The zero-order valence-corrected chi connectivity index (χ0v) is 25.3. The number of phenolic OH excluding ortho intramolecular Hbond substituents is 4. The molecular weight excluding hydrogens is 560 g/mol. The van der Waals surface area contributed by atoms with Crippen molar-refractivity contribution in [3.05, 3.63) is 59.7 Å². The molecular formula is C34H42N4O6. The van der Waals surface area contributed by atoms with Gasteiger partial charge in [-0.3, -0.25) is 0 Å². The number of unbranched alkanes of at least 4 members (excludes halogenated alkanes) is 2. The zero-order valence-electron chi connectivity index (χ0n) is 25.3. The van der Waals surface area contributed by atoms with E-state index in [4.69, 9.17) is 0 Å². The van der Waals surface area contributed by atoms with Crippen LogP contribution in [0.25, 0.3) is 32.7 Å². The maximum absolute atomic E-state index is 12.0. The summed E-state index contributed by atoms with van der Waals surface area (Å²) in [5, 5.41) is 57.1. The SMILES string of the molecule is CCCCNC(=O)NCCc1ccc2c(-c3c(O)c(O)cc4cc(CCNC(=O)NCCCC)ccc34)c(O)c(O)cc2c1. The smallest absolute Gasteiger partial charge is 0.314 e. The summed E-state index contributed by atoms with van der Waals surface area (Å²) in [6, 6.07) is 13.5. The van der Waals surface area contributed by atoms with E-state index in [0.717, 1.165) is 36.8 Å². The molecule has 0 spiro atoms. The Labute approximate surface area is 257 Å². The molecule has 0 aliphatic rings. The molecule has 0 radical (unpaired) electrons. The fourth-order valence-corrected chi connectivity index (χ4v) is 5.20. The van der Waals surface area contributed by atoms with Crippen LogP contribution >= 0.6 is 0 Å². The standard InChI is InChI=1S/C34H42N4O6/c1-3-5-13-35-33(43)37-15-11-21-7-9-25-23(17-21)19-27(39)31(41)29(25)30-26-10-8-22(18-24(26)20-28(40)32(30)42)12-16-38-34(44)36-14-6-4-2/h7-10,17-20,39-42H,3-6,11-16H2,1-2H3,(H2,35,37,43)(H2,36,38,44). The lowest BCUT2D eigenvalue weighted by Crippen LogP contribution is -2.37. The van der Waals surface area contributed by atoms with E-state index in [1.807, 2.05) is 24.3 Å². The van der Waals surface area contributed by atoms with Crippen molar-refractivity contribution in [2.45, 2.75) is 52.4 Å². The first-order valence-electron chi connectivity index (χ1n) is 15.2. The van der Waals surface area contributed by atoms with Crippen LogP contribution in [0, 0.1) is 0 Å². The number of aromatic hydroxyl groups is 4. The van der Waals surface area contributed by atoms with Crippen molar-refractivity contribution >= 4 is 33.6 Å². The van der Waals surface area contributed by atoms with E-state index >= 15 is 0 Å². The molecule has 0 aromatic heterocycles. The number of nitrogens with one attached hydrogen (secondary N) is 4. The number of hydrogen-bond donors (Lipinski definition) is 8. The van der Waals surface area contributed by atoms with Crippen LogP contribution in [0.2, 0.25) is 0 Å². The molecule has 0 fully saturated rings. The summed E-state index contributed by atoms with van der Waals surface area (Å²) >= 11 is 0. The molecule has 10 heteroatoms. The molecule has 0 aliphatic carbocycles. The number of carbonyl (C=O) groups is 2. The monoisotopic (exact) mass is 602 g/mol. The van der Waals surface area contributed by atoms with Gasteiger partial charge in [0, 0.05) is 37.3 Å². The molecule has 4 aromatic carbocycles. The molecule has 0 saturated heterocycles. The van der Waals surface area contributed by atoms with Gasteiger partial charge in [0.05, 0.1) is 0 Å². The van der Waals surface area contributed by atoms with E-state index in [9.17, 15) is 30.0 Å². The van der Waals surface area contributed by atoms with Crippen molar-refractivity contribution in [3.63, 3.8) is 0 Å². The maximum Gasteiger partial charge on any atom is 0.314 e. The van der Waals surface area contributed by atoms with Crippen LogP contribution in [0.1, 0.15) is 50.7 Å². The van der Waals surface area contributed by atoms with Gasteiger partial charge in [0.1, 0.15) is 0 Å². The molecule has 10 nitrogen and oxygen atoms in total. The second kappa shape index (κ2) is 15.0. The fourth-order valence-electron chi connectivity index (χ4n) is 5.20. The third kappa shape index (κ3) is 7.75. The summed E-state index contributed by atoms with van der Waals surface area (Å²) in [7, 11) is 0. The van der Waals surface area contributed by atoms with Crippen LogP contribution < -0.4 is 21.3 Å². The first-order chi connectivity index (χ1) is 21.2. The minimum absolute atomic E-state index is 0.191. The van der Waals surface area contributed by atoms with E-state index in [1.165, 1.54) is 12.1 Å². The zero-order chi connectivity index (χ0) is 31.6. The first-order valence-corrected chi connectivity index (χ1v) is 15.2. The Morgan fingerprint density at radius 3 is 1.34 bits per heavy atom. The average Bonchev–Trinajstić information content (AvgIpc) is 2.99. The summed E-state index contributed by atoms with van der Waals surface area (Å²) in [5.74, 6) is -1.57. The average molecular weight is 603 g/mol. The molecule has 4 aromatic rings. The Hall–Kier alpha value is -4.86. The first kappa shape index (κ1) is 32.1. The number of urea groups is 2. The van der Waals surface area contributed by atoms with Gasteiger partial charge >= 0.3 is 12.1 Å². The Bertz CT molecular complexity index is 1520. The van der Waals surface area contributed by atoms with Gasteiger partial charge in [-0.2, -0.15) is 0 Å². The molecule has 8 N–H and O–H groups in total. The van der Waals surface area contributed by atoms with E-state index in [2.05, 4.69) is 35.1 Å². The number of benzene rings is 4. The largest absolute Gasteiger partial charge is 0.504 e. The Kier molecular flexibility index (Phi) is 11.0. The molecule has 0 heterocycles. The van der Waals surface area contributed by atoms with Crippen molar-refractivity contribution in [3.8, 4) is 34.1 Å². The third-order valence-corrected chi connectivity index (χ3v) is 7.59. The van der Waals surface area contributed by atoms with E-state index < -0.39 is 11.5 Å². The third-order valence-electron chi connectivity index (χ3n) is 7.59. The second-order valence-corrected chi connectivity index (χ2v) is 10.9. The molecule has 0 unspecified atom stereocenters. The van der Waals surface area contributed by atoms with Crippen LogP contribution in [-0.2, 0) is 12.8 Å². The summed E-state index contributed by atoms with van der Waals surface area (Å²) in [6.07, 6.45) is 4.92. The molecule has 44 heavy (non-hydrogen) atoms. The summed E-state index contributed by atoms with van der Waals surface area (Å²) in [4.78, 5) is 23.9. The lowest BCUT2D eigenvalue weighted by atomic mass is 9.90. The van der Waals surface area contributed by atoms with Crippen molar-refractivity contribution in [2.75, 3.05) is 26.2 Å². The highest BCUT2D eigenvalue weighted by Gasteiger charge is 2.22. The number of rotatable bonds is 13.